The maximum atomic E-state index is 13.9. The summed E-state index contributed by atoms with van der Waals surface area (Å²) in [5.74, 6) is -1.02. The highest BCUT2D eigenvalue weighted by atomic mass is 16.6. The number of aryl methyl sites for hydroxylation is 2. The fourth-order valence-corrected chi connectivity index (χ4v) is 4.05. The molecule has 2 unspecified atom stereocenters. The summed E-state index contributed by atoms with van der Waals surface area (Å²) in [6, 6.07) is 13.0. The molecule has 0 bridgehead atoms. The van der Waals surface area contributed by atoms with Gasteiger partial charge in [0, 0.05) is 11.7 Å². The van der Waals surface area contributed by atoms with E-state index in [-0.39, 0.29) is 5.92 Å². The summed E-state index contributed by atoms with van der Waals surface area (Å²) in [5, 5.41) is 5.63. The fourth-order valence-electron chi connectivity index (χ4n) is 4.05. The Morgan fingerprint density at radius 2 is 1.71 bits per heavy atom. The lowest BCUT2D eigenvalue weighted by molar-refractivity contribution is -0.137. The van der Waals surface area contributed by atoms with Crippen molar-refractivity contribution in [3.8, 4) is 12.5 Å². The number of para-hydroxylation sites is 1. The number of terminal acetylenes is 1. The minimum atomic E-state index is -1.17. The predicted octanol–water partition coefficient (Wildman–Crippen LogP) is 5.98. The van der Waals surface area contributed by atoms with Crippen molar-refractivity contribution in [1.82, 2.24) is 10.2 Å². The first-order chi connectivity index (χ1) is 17.8. The van der Waals surface area contributed by atoms with Crippen LogP contribution < -0.4 is 10.6 Å². The number of rotatable bonds is 9. The molecule has 7 nitrogen and oxygen atoms in total. The zero-order chi connectivity index (χ0) is 28.6. The molecule has 0 spiro atoms. The highest BCUT2D eigenvalue weighted by Gasteiger charge is 2.36. The van der Waals surface area contributed by atoms with Crippen molar-refractivity contribution in [3.63, 3.8) is 0 Å². The van der Waals surface area contributed by atoms with Gasteiger partial charge in [-0.05, 0) is 75.3 Å². The van der Waals surface area contributed by atoms with Crippen molar-refractivity contribution in [2.45, 2.75) is 72.6 Å². The third-order valence-electron chi connectivity index (χ3n) is 5.77. The lowest BCUT2D eigenvalue weighted by Crippen LogP contribution is -2.51. The number of hydrogen-bond donors (Lipinski definition) is 2. The van der Waals surface area contributed by atoms with Crippen LogP contribution in [0.1, 0.15) is 69.3 Å². The van der Waals surface area contributed by atoms with Gasteiger partial charge in [-0.1, -0.05) is 69.3 Å². The van der Waals surface area contributed by atoms with E-state index in [2.05, 4.69) is 23.3 Å². The summed E-state index contributed by atoms with van der Waals surface area (Å²) in [5.41, 5.74) is 2.93. The van der Waals surface area contributed by atoms with Crippen LogP contribution in [0, 0.1) is 32.2 Å². The quantitative estimate of drug-likeness (QED) is 0.316. The highest BCUT2D eigenvalue weighted by molar-refractivity contribution is 6.00. The van der Waals surface area contributed by atoms with Gasteiger partial charge in [-0.3, -0.25) is 14.5 Å². The summed E-state index contributed by atoms with van der Waals surface area (Å²) >= 11 is 0. The van der Waals surface area contributed by atoms with Crippen molar-refractivity contribution in [2.24, 2.45) is 5.92 Å². The first kappa shape index (κ1) is 30.2. The number of benzene rings is 2. The Morgan fingerprint density at radius 3 is 2.24 bits per heavy atom. The molecule has 0 aliphatic carbocycles. The molecule has 202 valence electrons. The Hall–Kier alpha value is -4.05. The SMILES string of the molecule is C#CN(C(=O)C(CC(C)C)NC(=O)OC(C)(C)C)C(C(=O)Nc1c(C)cccc1C)c1cccc(C=C)c1. The number of anilines is 1. The molecule has 0 fully saturated rings. The summed E-state index contributed by atoms with van der Waals surface area (Å²) in [4.78, 5) is 41.4. The summed E-state index contributed by atoms with van der Waals surface area (Å²) in [7, 11) is 0. The Labute approximate surface area is 226 Å². The minimum absolute atomic E-state index is 0.0458. The van der Waals surface area contributed by atoms with Crippen molar-refractivity contribution < 1.29 is 19.1 Å². The number of carbonyl (C=O) groups excluding carboxylic acids is 3. The maximum absolute atomic E-state index is 13.9. The average molecular weight is 518 g/mol. The van der Waals surface area contributed by atoms with Gasteiger partial charge >= 0.3 is 6.09 Å². The van der Waals surface area contributed by atoms with Crippen LogP contribution in [-0.2, 0) is 14.3 Å². The molecule has 0 saturated heterocycles. The molecule has 0 aliphatic rings. The number of amides is 3. The molecule has 38 heavy (non-hydrogen) atoms. The standard InChI is InChI=1S/C31H39N3O4/c1-10-23-16-13-17-24(19-23)27(28(35)33-26-21(5)14-12-15-22(26)6)34(11-2)29(36)25(18-20(3)4)32-30(37)38-31(7,8)9/h2,10,12-17,19-20,25,27H,1,18H2,3-9H3,(H,32,37)(H,33,35). The monoisotopic (exact) mass is 517 g/mol. The number of ether oxygens (including phenoxy) is 1. The second-order valence-electron chi connectivity index (χ2n) is 10.7. The molecule has 3 amide bonds. The fraction of sp³-hybridized carbons (Fsp3) is 0.387. The average Bonchev–Trinajstić information content (AvgIpc) is 2.82. The Bertz CT molecular complexity index is 1200. The van der Waals surface area contributed by atoms with Crippen molar-refractivity contribution in [1.29, 1.82) is 0 Å². The number of carbonyl (C=O) groups is 3. The van der Waals surface area contributed by atoms with Crippen molar-refractivity contribution >= 4 is 29.7 Å². The van der Waals surface area contributed by atoms with E-state index in [1.807, 2.05) is 52.0 Å². The van der Waals surface area contributed by atoms with Crippen LogP contribution in [-0.4, -0.2) is 34.5 Å². The predicted molar refractivity (Wildman–Crippen MR) is 152 cm³/mol. The van der Waals surface area contributed by atoms with Gasteiger partial charge < -0.3 is 15.4 Å². The van der Waals surface area contributed by atoms with E-state index in [1.54, 1.807) is 45.0 Å². The highest BCUT2D eigenvalue weighted by Crippen LogP contribution is 2.28. The molecular weight excluding hydrogens is 478 g/mol. The Morgan fingerprint density at radius 1 is 1.11 bits per heavy atom. The smallest absolute Gasteiger partial charge is 0.408 e. The second kappa shape index (κ2) is 13.0. The van der Waals surface area contributed by atoms with Crippen molar-refractivity contribution in [3.05, 3.63) is 71.3 Å². The molecule has 7 heteroatoms. The van der Waals surface area contributed by atoms with Gasteiger partial charge in [0.2, 0.25) is 0 Å². The molecule has 2 atom stereocenters. The molecule has 0 heterocycles. The molecule has 0 saturated carbocycles. The van der Waals surface area contributed by atoms with E-state index in [0.29, 0.717) is 17.7 Å². The zero-order valence-corrected chi connectivity index (χ0v) is 23.4. The molecule has 2 aromatic carbocycles. The first-order valence-electron chi connectivity index (χ1n) is 12.7. The summed E-state index contributed by atoms with van der Waals surface area (Å²) < 4.78 is 5.38. The van der Waals surface area contributed by atoms with E-state index in [0.717, 1.165) is 21.6 Å². The van der Waals surface area contributed by atoms with Crippen LogP contribution in [0.5, 0.6) is 0 Å². The van der Waals surface area contributed by atoms with Gasteiger partial charge in [0.25, 0.3) is 11.8 Å². The number of hydrogen-bond acceptors (Lipinski definition) is 4. The molecule has 0 aromatic heterocycles. The summed E-state index contributed by atoms with van der Waals surface area (Å²) in [6.45, 7) is 16.7. The number of alkyl carbamates (subject to hydrolysis) is 1. The Balaban J connectivity index is 2.54. The lowest BCUT2D eigenvalue weighted by Gasteiger charge is -2.31. The van der Waals surface area contributed by atoms with Crippen LogP contribution in [0.15, 0.2) is 49.0 Å². The Kier molecular flexibility index (Phi) is 10.3. The van der Waals surface area contributed by atoms with E-state index < -0.39 is 35.6 Å². The first-order valence-corrected chi connectivity index (χ1v) is 12.7. The van der Waals surface area contributed by atoms with Crippen LogP contribution in [0.4, 0.5) is 10.5 Å². The normalized spacial score (nSPS) is 12.6. The molecule has 2 rings (SSSR count). The topological polar surface area (TPSA) is 87.7 Å². The van der Waals surface area contributed by atoms with Crippen LogP contribution in [0.3, 0.4) is 0 Å². The number of nitrogens with zero attached hydrogens (tertiary/aromatic N) is 1. The van der Waals surface area contributed by atoms with E-state index >= 15 is 0 Å². The number of nitrogens with one attached hydrogen (secondary N) is 2. The van der Waals surface area contributed by atoms with Crippen LogP contribution >= 0.6 is 0 Å². The molecule has 0 radical (unpaired) electrons. The van der Waals surface area contributed by atoms with Crippen molar-refractivity contribution in [2.75, 3.05) is 5.32 Å². The third-order valence-corrected chi connectivity index (χ3v) is 5.77. The maximum Gasteiger partial charge on any atom is 0.408 e. The largest absolute Gasteiger partial charge is 0.444 e. The molecule has 2 N–H and O–H groups in total. The van der Waals surface area contributed by atoms with E-state index in [1.165, 1.54) is 0 Å². The van der Waals surface area contributed by atoms with Gasteiger partial charge in [-0.15, -0.1) is 0 Å². The van der Waals surface area contributed by atoms with Gasteiger partial charge in [-0.2, -0.15) is 0 Å². The van der Waals surface area contributed by atoms with Gasteiger partial charge in [0.1, 0.15) is 17.7 Å². The minimum Gasteiger partial charge on any atom is -0.444 e. The molecular formula is C31H39N3O4. The second-order valence-corrected chi connectivity index (χ2v) is 10.7. The van der Waals surface area contributed by atoms with Gasteiger partial charge in [0.15, 0.2) is 0 Å². The van der Waals surface area contributed by atoms with Crippen LogP contribution in [0.2, 0.25) is 0 Å². The van der Waals surface area contributed by atoms with Gasteiger partial charge in [0.05, 0.1) is 0 Å². The lowest BCUT2D eigenvalue weighted by atomic mass is 9.98. The third kappa shape index (κ3) is 8.24. The van der Waals surface area contributed by atoms with E-state index in [4.69, 9.17) is 11.2 Å². The summed E-state index contributed by atoms with van der Waals surface area (Å²) in [6.07, 6.45) is 7.10. The molecule has 0 aliphatic heterocycles. The van der Waals surface area contributed by atoms with Gasteiger partial charge in [-0.25, -0.2) is 4.79 Å². The van der Waals surface area contributed by atoms with E-state index in [9.17, 15) is 14.4 Å². The zero-order valence-electron chi connectivity index (χ0n) is 23.4. The van der Waals surface area contributed by atoms with Crippen LogP contribution in [0.25, 0.3) is 6.08 Å². The molecule has 2 aromatic rings.